The molecule has 3 aromatic rings. The van der Waals surface area contributed by atoms with Crippen LogP contribution in [0.3, 0.4) is 0 Å². The number of hydrogen-bond donors (Lipinski definition) is 1. The first kappa shape index (κ1) is 15.8. The highest BCUT2D eigenvalue weighted by molar-refractivity contribution is 5.94. The zero-order valence-electron chi connectivity index (χ0n) is 12.0. The number of aliphatic imine (C=N–C) groups is 1. The number of aromatic hydroxyl groups is 1. The maximum absolute atomic E-state index is 12.5. The Hall–Kier alpha value is -3.09. The average molecular weight is 333 g/mol. The van der Waals surface area contributed by atoms with Crippen molar-refractivity contribution in [3.63, 3.8) is 0 Å². The molecular formula is C17H10F3NO3. The first-order valence-electron chi connectivity index (χ1n) is 6.82. The van der Waals surface area contributed by atoms with Crippen LogP contribution in [0.5, 0.6) is 5.75 Å². The summed E-state index contributed by atoms with van der Waals surface area (Å²) < 4.78 is 42.6. The highest BCUT2D eigenvalue weighted by Crippen LogP contribution is 2.30. The summed E-state index contributed by atoms with van der Waals surface area (Å²) in [5.41, 5.74) is -1.33. The van der Waals surface area contributed by atoms with Crippen molar-refractivity contribution >= 4 is 22.9 Å². The Morgan fingerprint density at radius 3 is 2.38 bits per heavy atom. The van der Waals surface area contributed by atoms with E-state index < -0.39 is 17.4 Å². The molecule has 24 heavy (non-hydrogen) atoms. The van der Waals surface area contributed by atoms with E-state index in [1.807, 2.05) is 0 Å². The smallest absolute Gasteiger partial charge is 0.416 e. The lowest BCUT2D eigenvalue weighted by Crippen LogP contribution is -2.07. The van der Waals surface area contributed by atoms with Gasteiger partial charge in [-0.15, -0.1) is 0 Å². The molecule has 122 valence electrons. The van der Waals surface area contributed by atoms with Crippen molar-refractivity contribution in [1.82, 2.24) is 0 Å². The van der Waals surface area contributed by atoms with Crippen LogP contribution in [0.1, 0.15) is 11.1 Å². The molecule has 0 aliphatic carbocycles. The second kappa shape index (κ2) is 5.84. The lowest BCUT2D eigenvalue weighted by Gasteiger charge is -2.05. The fourth-order valence-corrected chi connectivity index (χ4v) is 2.14. The Balaban J connectivity index is 1.98. The molecule has 0 unspecified atom stereocenters. The molecule has 7 heteroatoms. The van der Waals surface area contributed by atoms with Gasteiger partial charge in [0.15, 0.2) is 0 Å². The molecule has 0 aliphatic rings. The minimum Gasteiger partial charge on any atom is -0.506 e. The minimum atomic E-state index is -4.43. The van der Waals surface area contributed by atoms with Gasteiger partial charge in [0.25, 0.3) is 0 Å². The number of nitrogens with zero attached hydrogens (tertiary/aromatic N) is 1. The van der Waals surface area contributed by atoms with E-state index >= 15 is 0 Å². The van der Waals surface area contributed by atoms with Gasteiger partial charge in [0, 0.05) is 6.21 Å². The SMILES string of the molecule is O=c1oc2ccccc2c(O)c1C=Nc1ccc(C(F)(F)F)cc1. The molecule has 1 aromatic heterocycles. The molecule has 1 N–H and O–H groups in total. The molecule has 4 nitrogen and oxygen atoms in total. The van der Waals surface area contributed by atoms with E-state index in [1.165, 1.54) is 18.2 Å². The Morgan fingerprint density at radius 1 is 1.04 bits per heavy atom. The Bertz CT molecular complexity index is 973. The number of rotatable bonds is 2. The largest absolute Gasteiger partial charge is 0.506 e. The summed E-state index contributed by atoms with van der Waals surface area (Å²) in [5.74, 6) is -0.294. The molecule has 0 bridgehead atoms. The summed E-state index contributed by atoms with van der Waals surface area (Å²) in [7, 11) is 0. The summed E-state index contributed by atoms with van der Waals surface area (Å²) in [5, 5.41) is 10.5. The summed E-state index contributed by atoms with van der Waals surface area (Å²) in [6, 6.07) is 10.5. The van der Waals surface area contributed by atoms with Crippen molar-refractivity contribution in [3.05, 3.63) is 70.1 Å². The fraction of sp³-hybridized carbons (Fsp3) is 0.0588. The second-order valence-electron chi connectivity index (χ2n) is 4.95. The molecule has 0 amide bonds. The molecule has 0 atom stereocenters. The van der Waals surface area contributed by atoms with Gasteiger partial charge < -0.3 is 9.52 Å². The predicted octanol–water partition coefficient (Wildman–Crippen LogP) is 4.27. The molecule has 1 heterocycles. The van der Waals surface area contributed by atoms with Gasteiger partial charge in [-0.2, -0.15) is 13.2 Å². The Morgan fingerprint density at radius 2 is 1.71 bits per heavy atom. The third kappa shape index (κ3) is 3.01. The lowest BCUT2D eigenvalue weighted by molar-refractivity contribution is -0.137. The molecule has 0 saturated heterocycles. The van der Waals surface area contributed by atoms with Crippen LogP contribution in [-0.4, -0.2) is 11.3 Å². The van der Waals surface area contributed by atoms with Crippen LogP contribution in [0.25, 0.3) is 11.0 Å². The van der Waals surface area contributed by atoms with E-state index in [-0.39, 0.29) is 22.6 Å². The topological polar surface area (TPSA) is 62.8 Å². The van der Waals surface area contributed by atoms with Gasteiger partial charge in [0.2, 0.25) is 0 Å². The third-order valence-electron chi connectivity index (χ3n) is 3.36. The number of halogens is 3. The molecule has 0 saturated carbocycles. The monoisotopic (exact) mass is 333 g/mol. The van der Waals surface area contributed by atoms with Gasteiger partial charge in [0.1, 0.15) is 16.9 Å². The minimum absolute atomic E-state index is 0.173. The molecule has 0 aliphatic heterocycles. The lowest BCUT2D eigenvalue weighted by atomic mass is 10.1. The summed E-state index contributed by atoms with van der Waals surface area (Å²) >= 11 is 0. The van der Waals surface area contributed by atoms with Crippen LogP contribution in [0.15, 0.2) is 62.7 Å². The second-order valence-corrected chi connectivity index (χ2v) is 4.95. The van der Waals surface area contributed by atoms with Crippen LogP contribution in [0, 0.1) is 0 Å². The van der Waals surface area contributed by atoms with Gasteiger partial charge in [-0.05, 0) is 36.4 Å². The van der Waals surface area contributed by atoms with E-state index in [0.717, 1.165) is 18.3 Å². The number of para-hydroxylation sites is 1. The number of hydrogen-bond acceptors (Lipinski definition) is 4. The third-order valence-corrected chi connectivity index (χ3v) is 3.36. The zero-order valence-corrected chi connectivity index (χ0v) is 12.0. The van der Waals surface area contributed by atoms with Crippen molar-refractivity contribution in [2.75, 3.05) is 0 Å². The molecule has 0 fully saturated rings. The predicted molar refractivity (Wildman–Crippen MR) is 82.8 cm³/mol. The van der Waals surface area contributed by atoms with E-state index in [0.29, 0.717) is 5.39 Å². The van der Waals surface area contributed by atoms with Gasteiger partial charge in [0.05, 0.1) is 16.6 Å². The fourth-order valence-electron chi connectivity index (χ4n) is 2.14. The molecular weight excluding hydrogens is 323 g/mol. The number of alkyl halides is 3. The summed E-state index contributed by atoms with van der Waals surface area (Å²) in [6.07, 6.45) is -3.36. The van der Waals surface area contributed by atoms with Crippen LogP contribution in [0.4, 0.5) is 18.9 Å². The van der Waals surface area contributed by atoms with Crippen molar-refractivity contribution in [1.29, 1.82) is 0 Å². The van der Waals surface area contributed by atoms with E-state index in [2.05, 4.69) is 4.99 Å². The van der Waals surface area contributed by atoms with E-state index in [1.54, 1.807) is 18.2 Å². The maximum Gasteiger partial charge on any atom is 0.416 e. The molecule has 0 spiro atoms. The van der Waals surface area contributed by atoms with Crippen LogP contribution in [-0.2, 0) is 6.18 Å². The molecule has 0 radical (unpaired) electrons. The normalized spacial score (nSPS) is 12.1. The molecule has 3 rings (SSSR count). The van der Waals surface area contributed by atoms with Crippen LogP contribution < -0.4 is 5.63 Å². The Labute approximate surface area is 133 Å². The maximum atomic E-state index is 12.5. The van der Waals surface area contributed by atoms with Crippen LogP contribution in [0.2, 0.25) is 0 Å². The highest BCUT2D eigenvalue weighted by Gasteiger charge is 2.29. The summed E-state index contributed by atoms with van der Waals surface area (Å²) in [6.45, 7) is 0. The van der Waals surface area contributed by atoms with Crippen molar-refractivity contribution in [2.24, 2.45) is 4.99 Å². The first-order valence-corrected chi connectivity index (χ1v) is 6.82. The van der Waals surface area contributed by atoms with E-state index in [4.69, 9.17) is 4.42 Å². The first-order chi connectivity index (χ1) is 11.4. The number of benzene rings is 2. The van der Waals surface area contributed by atoms with Crippen molar-refractivity contribution < 1.29 is 22.7 Å². The highest BCUT2D eigenvalue weighted by atomic mass is 19.4. The zero-order chi connectivity index (χ0) is 17.3. The van der Waals surface area contributed by atoms with Gasteiger partial charge in [-0.3, -0.25) is 4.99 Å². The van der Waals surface area contributed by atoms with Crippen LogP contribution >= 0.6 is 0 Å². The molecule has 2 aromatic carbocycles. The van der Waals surface area contributed by atoms with Gasteiger partial charge in [-0.1, -0.05) is 12.1 Å². The standard InChI is InChI=1S/C17H10F3NO3/c18-17(19,20)10-5-7-11(8-6-10)21-9-13-15(22)12-3-1-2-4-14(12)24-16(13)23/h1-9,22H. The quantitative estimate of drug-likeness (QED) is 0.563. The van der Waals surface area contributed by atoms with Crippen molar-refractivity contribution in [3.8, 4) is 5.75 Å². The number of fused-ring (bicyclic) bond motifs is 1. The summed E-state index contributed by atoms with van der Waals surface area (Å²) in [4.78, 5) is 15.8. The Kier molecular flexibility index (Phi) is 3.84. The van der Waals surface area contributed by atoms with Crippen molar-refractivity contribution in [2.45, 2.75) is 6.18 Å². The van der Waals surface area contributed by atoms with Gasteiger partial charge >= 0.3 is 11.8 Å². The van der Waals surface area contributed by atoms with Gasteiger partial charge in [-0.25, -0.2) is 4.79 Å². The average Bonchev–Trinajstić information content (AvgIpc) is 2.54. The van der Waals surface area contributed by atoms with E-state index in [9.17, 15) is 23.1 Å².